The molecule has 0 aliphatic rings. The van der Waals surface area contributed by atoms with E-state index >= 15 is 0 Å². The molecular formula is C18H20N3O2S+. The minimum absolute atomic E-state index is 0.0150. The summed E-state index contributed by atoms with van der Waals surface area (Å²) in [7, 11) is 3.62. The van der Waals surface area contributed by atoms with Crippen LogP contribution in [-0.4, -0.2) is 31.6 Å². The molecule has 0 fully saturated rings. The Labute approximate surface area is 144 Å². The Morgan fingerprint density at radius 1 is 1.21 bits per heavy atom. The summed E-state index contributed by atoms with van der Waals surface area (Å²) in [5, 5.41) is 3.95. The summed E-state index contributed by atoms with van der Waals surface area (Å²) in [6.45, 7) is 1.12. The fourth-order valence-corrected chi connectivity index (χ4v) is 3.55. The van der Waals surface area contributed by atoms with Gasteiger partial charge in [0.05, 0.1) is 24.4 Å². The predicted molar refractivity (Wildman–Crippen MR) is 96.7 cm³/mol. The summed E-state index contributed by atoms with van der Waals surface area (Å²) in [5.74, 6) is 0.755. The van der Waals surface area contributed by atoms with Gasteiger partial charge >= 0.3 is 0 Å². The quantitative estimate of drug-likeness (QED) is 0.720. The fourth-order valence-electron chi connectivity index (χ4n) is 2.47. The number of nitrogens with one attached hydrogen (secondary N) is 2. The molecule has 0 aliphatic carbocycles. The molecule has 2 aromatic carbocycles. The normalized spacial score (nSPS) is 12.1. The minimum Gasteiger partial charge on any atom is -0.497 e. The molecule has 5 nitrogen and oxygen atoms in total. The standard InChI is InChI=1S/C18H19N3O2S/c1-21(12-18-20-15-5-3-4-6-16(15)24-18)11-17(22)19-13-7-9-14(23-2)10-8-13/h3-10H,11-12H2,1-2H3,(H,19,22)/p+1. The van der Waals surface area contributed by atoms with Crippen molar-refractivity contribution in [3.05, 3.63) is 53.5 Å². The molecule has 0 radical (unpaired) electrons. The zero-order valence-electron chi connectivity index (χ0n) is 13.7. The smallest absolute Gasteiger partial charge is 0.279 e. The van der Waals surface area contributed by atoms with Crippen molar-refractivity contribution in [2.45, 2.75) is 6.54 Å². The summed E-state index contributed by atoms with van der Waals surface area (Å²) < 4.78 is 6.29. The van der Waals surface area contributed by atoms with Gasteiger partial charge < -0.3 is 15.0 Å². The molecule has 3 rings (SSSR count). The van der Waals surface area contributed by atoms with Gasteiger partial charge in [-0.2, -0.15) is 0 Å². The molecule has 124 valence electrons. The second-order valence-corrected chi connectivity index (χ2v) is 6.78. The monoisotopic (exact) mass is 342 g/mol. The van der Waals surface area contributed by atoms with E-state index in [-0.39, 0.29) is 5.91 Å². The van der Waals surface area contributed by atoms with Crippen LogP contribution in [0.5, 0.6) is 5.75 Å². The number of hydrogen-bond acceptors (Lipinski definition) is 4. The zero-order chi connectivity index (χ0) is 16.9. The lowest BCUT2D eigenvalue weighted by molar-refractivity contribution is -0.885. The van der Waals surface area contributed by atoms with Crippen LogP contribution in [-0.2, 0) is 11.3 Å². The molecule has 0 saturated carbocycles. The molecular weight excluding hydrogens is 322 g/mol. The Morgan fingerprint density at radius 2 is 1.96 bits per heavy atom. The van der Waals surface area contributed by atoms with Gasteiger partial charge in [-0.15, -0.1) is 11.3 Å². The van der Waals surface area contributed by atoms with Crippen molar-refractivity contribution in [2.75, 3.05) is 26.0 Å². The van der Waals surface area contributed by atoms with Crippen LogP contribution in [0.2, 0.25) is 0 Å². The van der Waals surface area contributed by atoms with E-state index in [1.807, 2.05) is 49.5 Å². The van der Waals surface area contributed by atoms with E-state index in [9.17, 15) is 4.79 Å². The van der Waals surface area contributed by atoms with Crippen molar-refractivity contribution in [2.24, 2.45) is 0 Å². The number of anilines is 1. The Hall–Kier alpha value is -2.44. The number of hydrogen-bond donors (Lipinski definition) is 2. The maximum Gasteiger partial charge on any atom is 0.279 e. The van der Waals surface area contributed by atoms with E-state index in [2.05, 4.69) is 16.4 Å². The molecule has 1 atom stereocenters. The third-order valence-corrected chi connectivity index (χ3v) is 4.66. The van der Waals surface area contributed by atoms with Crippen LogP contribution in [0.15, 0.2) is 48.5 Å². The molecule has 2 N–H and O–H groups in total. The van der Waals surface area contributed by atoms with Gasteiger partial charge in [0.25, 0.3) is 5.91 Å². The number of quaternary nitrogens is 1. The Balaban J connectivity index is 1.55. The summed E-state index contributed by atoms with van der Waals surface area (Å²) >= 11 is 1.68. The van der Waals surface area contributed by atoms with Gasteiger partial charge in [-0.25, -0.2) is 4.98 Å². The number of amides is 1. The molecule has 3 aromatic rings. The van der Waals surface area contributed by atoms with Gasteiger partial charge in [-0.3, -0.25) is 4.79 Å². The maximum absolute atomic E-state index is 12.2. The lowest BCUT2D eigenvalue weighted by Gasteiger charge is -2.12. The number of likely N-dealkylation sites (N-methyl/N-ethyl adjacent to an activating group) is 1. The number of methoxy groups -OCH3 is 1. The number of thiazole rings is 1. The van der Waals surface area contributed by atoms with Crippen LogP contribution in [0.4, 0.5) is 5.69 Å². The number of para-hydroxylation sites is 1. The average molecular weight is 342 g/mol. The second kappa shape index (κ2) is 7.42. The Bertz CT molecular complexity index is 797. The first-order valence-corrected chi connectivity index (χ1v) is 8.55. The highest BCUT2D eigenvalue weighted by molar-refractivity contribution is 7.18. The number of nitrogens with zero attached hydrogens (tertiary/aromatic N) is 1. The van der Waals surface area contributed by atoms with Gasteiger partial charge in [0.15, 0.2) is 6.54 Å². The van der Waals surface area contributed by atoms with Crippen LogP contribution in [0.1, 0.15) is 5.01 Å². The number of benzene rings is 2. The number of ether oxygens (including phenoxy) is 1. The molecule has 0 aliphatic heterocycles. The second-order valence-electron chi connectivity index (χ2n) is 5.66. The van der Waals surface area contributed by atoms with Gasteiger partial charge in [0.2, 0.25) is 0 Å². The van der Waals surface area contributed by atoms with Crippen LogP contribution >= 0.6 is 11.3 Å². The highest BCUT2D eigenvalue weighted by Crippen LogP contribution is 2.20. The Kier molecular flexibility index (Phi) is 5.08. The highest BCUT2D eigenvalue weighted by atomic mass is 32.1. The van der Waals surface area contributed by atoms with Crippen molar-refractivity contribution in [1.82, 2.24) is 4.98 Å². The molecule has 0 bridgehead atoms. The average Bonchev–Trinajstić information content (AvgIpc) is 2.97. The lowest BCUT2D eigenvalue weighted by Crippen LogP contribution is -3.08. The zero-order valence-corrected chi connectivity index (χ0v) is 14.5. The fraction of sp³-hybridized carbons (Fsp3) is 0.222. The van der Waals surface area contributed by atoms with Crippen molar-refractivity contribution < 1.29 is 14.4 Å². The van der Waals surface area contributed by atoms with E-state index in [1.165, 1.54) is 4.70 Å². The summed E-state index contributed by atoms with van der Waals surface area (Å²) in [6, 6.07) is 15.4. The number of fused-ring (bicyclic) bond motifs is 1. The largest absolute Gasteiger partial charge is 0.497 e. The van der Waals surface area contributed by atoms with E-state index in [0.717, 1.165) is 33.4 Å². The summed E-state index contributed by atoms with van der Waals surface area (Å²) in [4.78, 5) is 17.9. The molecule has 0 spiro atoms. The summed E-state index contributed by atoms with van der Waals surface area (Å²) in [6.07, 6.45) is 0. The lowest BCUT2D eigenvalue weighted by atomic mass is 10.3. The molecule has 0 saturated heterocycles. The van der Waals surface area contributed by atoms with Crippen LogP contribution in [0.3, 0.4) is 0 Å². The number of aromatic nitrogens is 1. The number of carbonyl (C=O) groups excluding carboxylic acids is 1. The third kappa shape index (κ3) is 4.10. The first kappa shape index (κ1) is 16.4. The third-order valence-electron chi connectivity index (χ3n) is 3.63. The van der Waals surface area contributed by atoms with Gasteiger partial charge in [0.1, 0.15) is 17.3 Å². The van der Waals surface area contributed by atoms with Gasteiger partial charge in [-0.05, 0) is 36.4 Å². The summed E-state index contributed by atoms with van der Waals surface area (Å²) in [5.41, 5.74) is 1.79. The topological polar surface area (TPSA) is 55.7 Å². The molecule has 1 amide bonds. The van der Waals surface area contributed by atoms with Crippen molar-refractivity contribution >= 4 is 33.1 Å². The molecule has 1 heterocycles. The molecule has 1 aromatic heterocycles. The van der Waals surface area contributed by atoms with Gasteiger partial charge in [0, 0.05) is 5.69 Å². The molecule has 6 heteroatoms. The molecule has 24 heavy (non-hydrogen) atoms. The molecule has 1 unspecified atom stereocenters. The van der Waals surface area contributed by atoms with Crippen LogP contribution in [0, 0.1) is 0 Å². The van der Waals surface area contributed by atoms with E-state index < -0.39 is 0 Å². The van der Waals surface area contributed by atoms with Crippen molar-refractivity contribution in [3.8, 4) is 5.75 Å². The van der Waals surface area contributed by atoms with Crippen molar-refractivity contribution in [3.63, 3.8) is 0 Å². The van der Waals surface area contributed by atoms with E-state index in [1.54, 1.807) is 18.4 Å². The predicted octanol–water partition coefficient (Wildman–Crippen LogP) is 1.96. The van der Waals surface area contributed by atoms with Crippen LogP contribution in [0.25, 0.3) is 10.2 Å². The van der Waals surface area contributed by atoms with E-state index in [4.69, 9.17) is 4.74 Å². The first-order chi connectivity index (χ1) is 11.6. The van der Waals surface area contributed by atoms with Crippen molar-refractivity contribution in [1.29, 1.82) is 0 Å². The number of rotatable bonds is 6. The highest BCUT2D eigenvalue weighted by Gasteiger charge is 2.13. The van der Waals surface area contributed by atoms with Gasteiger partial charge in [-0.1, -0.05) is 12.1 Å². The number of carbonyl (C=O) groups is 1. The maximum atomic E-state index is 12.2. The minimum atomic E-state index is -0.0150. The van der Waals surface area contributed by atoms with E-state index in [0.29, 0.717) is 6.54 Å². The van der Waals surface area contributed by atoms with Crippen LogP contribution < -0.4 is 15.0 Å². The Morgan fingerprint density at radius 3 is 2.67 bits per heavy atom. The SMILES string of the molecule is COc1ccc(NC(=O)C[NH+](C)Cc2nc3ccccc3s2)cc1. The first-order valence-electron chi connectivity index (χ1n) is 7.73.